The van der Waals surface area contributed by atoms with Crippen molar-refractivity contribution >= 4 is 23.5 Å². The second-order valence-electron chi connectivity index (χ2n) is 6.48. The van der Waals surface area contributed by atoms with E-state index < -0.39 is 0 Å². The van der Waals surface area contributed by atoms with Gasteiger partial charge in [-0.2, -0.15) is 0 Å². The molecule has 0 aliphatic carbocycles. The van der Waals surface area contributed by atoms with Gasteiger partial charge in [-0.3, -0.25) is 9.59 Å². The second-order valence-corrected chi connectivity index (χ2v) is 9.65. The first-order chi connectivity index (χ1) is 10.1. The third-order valence-corrected chi connectivity index (χ3v) is 5.23. The highest BCUT2D eigenvalue weighted by molar-refractivity contribution is 8.02. The van der Waals surface area contributed by atoms with E-state index in [1.54, 1.807) is 9.36 Å². The van der Waals surface area contributed by atoms with Crippen LogP contribution in [0.25, 0.3) is 0 Å². The summed E-state index contributed by atoms with van der Waals surface area (Å²) in [5.41, 5.74) is -0.102. The number of rotatable bonds is 6. The van der Waals surface area contributed by atoms with Crippen LogP contribution in [0, 0.1) is 0 Å². The molecule has 1 heterocycles. The van der Waals surface area contributed by atoms with E-state index in [1.807, 2.05) is 55.4 Å². The lowest BCUT2D eigenvalue weighted by atomic mass is 10.3. The van der Waals surface area contributed by atoms with Crippen molar-refractivity contribution in [3.05, 3.63) is 20.7 Å². The molecule has 0 radical (unpaired) electrons. The van der Waals surface area contributed by atoms with Crippen molar-refractivity contribution in [2.75, 3.05) is 0 Å². The summed E-state index contributed by atoms with van der Waals surface area (Å²) >= 11 is 2.98. The first-order valence-corrected chi connectivity index (χ1v) is 9.58. The van der Waals surface area contributed by atoms with Gasteiger partial charge in [0.15, 0.2) is 0 Å². The van der Waals surface area contributed by atoms with Gasteiger partial charge in [0, 0.05) is 22.6 Å². The summed E-state index contributed by atoms with van der Waals surface area (Å²) in [5, 5.41) is 0.517. The predicted octanol–water partition coefficient (Wildman–Crippen LogP) is 4.17. The molecule has 4 nitrogen and oxygen atoms in total. The van der Waals surface area contributed by atoms with Crippen LogP contribution in [0.3, 0.4) is 0 Å². The molecule has 0 saturated carbocycles. The second kappa shape index (κ2) is 7.77. The normalized spacial score (nSPS) is 12.2. The van der Waals surface area contributed by atoms with E-state index in [2.05, 4.69) is 0 Å². The highest BCUT2D eigenvalue weighted by Crippen LogP contribution is 2.31. The van der Waals surface area contributed by atoms with Gasteiger partial charge in [-0.25, -0.2) is 9.36 Å². The highest BCUT2D eigenvalue weighted by Gasteiger charge is 2.23. The molecular formula is C16H28N2O2S2. The van der Waals surface area contributed by atoms with E-state index in [0.29, 0.717) is 9.79 Å². The van der Waals surface area contributed by atoms with Gasteiger partial charge in [0.05, 0.1) is 9.79 Å². The monoisotopic (exact) mass is 344 g/mol. The summed E-state index contributed by atoms with van der Waals surface area (Å²) in [5.74, 6) is 0. The Balaban J connectivity index is 3.82. The maximum atomic E-state index is 13.0. The molecule has 0 N–H and O–H groups in total. The van der Waals surface area contributed by atoms with E-state index in [0.717, 1.165) is 0 Å². The summed E-state index contributed by atoms with van der Waals surface area (Å²) in [7, 11) is 0. The minimum atomic E-state index is -0.0508. The van der Waals surface area contributed by atoms with E-state index in [9.17, 15) is 9.59 Å². The summed E-state index contributed by atoms with van der Waals surface area (Å²) in [6.45, 7) is 15.9. The topological polar surface area (TPSA) is 44.0 Å². The number of hydrogen-bond acceptors (Lipinski definition) is 4. The van der Waals surface area contributed by atoms with Crippen LogP contribution in [0.5, 0.6) is 0 Å². The Morgan fingerprint density at radius 2 is 0.909 bits per heavy atom. The number of thioether (sulfide) groups is 2. The van der Waals surface area contributed by atoms with Crippen LogP contribution in [-0.4, -0.2) is 19.9 Å². The van der Waals surface area contributed by atoms with Crippen molar-refractivity contribution in [1.82, 2.24) is 9.36 Å². The van der Waals surface area contributed by atoms with Crippen LogP contribution in [0.1, 0.15) is 67.5 Å². The Labute approximate surface area is 141 Å². The van der Waals surface area contributed by atoms with Gasteiger partial charge in [0.1, 0.15) is 0 Å². The Hall–Kier alpha value is -0.620. The highest BCUT2D eigenvalue weighted by atomic mass is 32.2. The molecule has 0 aliphatic heterocycles. The van der Waals surface area contributed by atoms with Gasteiger partial charge in [0.2, 0.25) is 0 Å². The van der Waals surface area contributed by atoms with Crippen LogP contribution >= 0.6 is 23.5 Å². The molecule has 126 valence electrons. The summed E-state index contributed by atoms with van der Waals surface area (Å²) in [4.78, 5) is 27.2. The van der Waals surface area contributed by atoms with Crippen molar-refractivity contribution in [2.45, 2.75) is 87.8 Å². The molecule has 0 amide bonds. The van der Waals surface area contributed by atoms with Crippen molar-refractivity contribution in [1.29, 1.82) is 0 Å². The van der Waals surface area contributed by atoms with E-state index in [4.69, 9.17) is 0 Å². The summed E-state index contributed by atoms with van der Waals surface area (Å²) in [6.07, 6.45) is 0. The molecular weight excluding hydrogens is 316 g/mol. The number of hydrogen-bond donors (Lipinski definition) is 0. The lowest BCUT2D eigenvalue weighted by Crippen LogP contribution is -2.42. The third kappa shape index (κ3) is 4.22. The average molecular weight is 345 g/mol. The third-order valence-electron chi connectivity index (χ3n) is 2.93. The van der Waals surface area contributed by atoms with Gasteiger partial charge < -0.3 is 0 Å². The molecule has 1 aromatic heterocycles. The van der Waals surface area contributed by atoms with E-state index in [1.165, 1.54) is 23.5 Å². The van der Waals surface area contributed by atoms with Crippen molar-refractivity contribution < 1.29 is 0 Å². The zero-order valence-corrected chi connectivity index (χ0v) is 16.5. The molecule has 0 aromatic carbocycles. The van der Waals surface area contributed by atoms with Gasteiger partial charge in [-0.15, -0.1) is 23.5 Å². The van der Waals surface area contributed by atoms with Crippen molar-refractivity contribution in [3.8, 4) is 0 Å². The molecule has 0 saturated heterocycles. The van der Waals surface area contributed by atoms with Crippen molar-refractivity contribution in [2.24, 2.45) is 0 Å². The van der Waals surface area contributed by atoms with Crippen LogP contribution in [0.2, 0.25) is 0 Å². The SMILES string of the molecule is CC(C)Sc1c(SC(C)C)c(=O)n(C(C)C)n(C(C)C)c1=O. The number of aromatic nitrogens is 2. The lowest BCUT2D eigenvalue weighted by Gasteiger charge is -2.24. The molecule has 0 spiro atoms. The van der Waals surface area contributed by atoms with Gasteiger partial charge in [-0.05, 0) is 27.7 Å². The van der Waals surface area contributed by atoms with Crippen LogP contribution in [0.4, 0.5) is 0 Å². The Morgan fingerprint density at radius 1 is 0.636 bits per heavy atom. The maximum absolute atomic E-state index is 13.0. The fourth-order valence-corrected chi connectivity index (χ4v) is 4.25. The molecule has 0 fully saturated rings. The minimum absolute atomic E-state index is 0.0489. The minimum Gasteiger partial charge on any atom is -0.267 e. The fourth-order valence-electron chi connectivity index (χ4n) is 2.24. The molecule has 0 bridgehead atoms. The predicted molar refractivity (Wildman–Crippen MR) is 97.7 cm³/mol. The summed E-state index contributed by atoms with van der Waals surface area (Å²) < 4.78 is 3.23. The molecule has 1 rings (SSSR count). The maximum Gasteiger partial charge on any atom is 0.280 e. The molecule has 0 atom stereocenters. The van der Waals surface area contributed by atoms with Gasteiger partial charge >= 0.3 is 0 Å². The van der Waals surface area contributed by atoms with E-state index >= 15 is 0 Å². The smallest absolute Gasteiger partial charge is 0.267 e. The quantitative estimate of drug-likeness (QED) is 0.726. The molecule has 1 aromatic rings. The summed E-state index contributed by atoms with van der Waals surface area (Å²) in [6, 6.07) is -0.0978. The standard InChI is InChI=1S/C16H28N2O2S2/c1-9(2)17-15(19)13(21-11(5)6)14(22-12(7)8)16(20)18(17)10(3)4/h9-12H,1-8H3. The zero-order chi connectivity index (χ0) is 17.2. The van der Waals surface area contributed by atoms with Gasteiger partial charge in [-0.1, -0.05) is 27.7 Å². The van der Waals surface area contributed by atoms with Crippen molar-refractivity contribution in [3.63, 3.8) is 0 Å². The van der Waals surface area contributed by atoms with Crippen LogP contribution < -0.4 is 11.1 Å². The molecule has 6 heteroatoms. The molecule has 22 heavy (non-hydrogen) atoms. The van der Waals surface area contributed by atoms with Gasteiger partial charge in [0.25, 0.3) is 11.1 Å². The Bertz CT molecular complexity index is 573. The zero-order valence-electron chi connectivity index (χ0n) is 14.8. The Kier molecular flexibility index (Phi) is 6.86. The largest absolute Gasteiger partial charge is 0.280 e. The number of nitrogens with zero attached hydrogens (tertiary/aromatic N) is 2. The lowest BCUT2D eigenvalue weighted by molar-refractivity contribution is 0.328. The first kappa shape index (κ1) is 19.4. The molecule has 0 aliphatic rings. The average Bonchev–Trinajstić information content (AvgIpc) is 2.35. The van der Waals surface area contributed by atoms with E-state index in [-0.39, 0.29) is 33.7 Å². The van der Waals surface area contributed by atoms with Crippen LogP contribution in [0.15, 0.2) is 19.4 Å². The Morgan fingerprint density at radius 3 is 1.09 bits per heavy atom. The first-order valence-electron chi connectivity index (χ1n) is 7.82. The molecule has 0 unspecified atom stereocenters. The van der Waals surface area contributed by atoms with Crippen LogP contribution in [-0.2, 0) is 0 Å². The fraction of sp³-hybridized carbons (Fsp3) is 0.750.